The van der Waals surface area contributed by atoms with Crippen molar-refractivity contribution in [3.63, 3.8) is 0 Å². The zero-order valence-electron chi connectivity index (χ0n) is 10.3. The van der Waals surface area contributed by atoms with Gasteiger partial charge in [-0.05, 0) is 50.1 Å². The summed E-state index contributed by atoms with van der Waals surface area (Å²) in [4.78, 5) is 12.5. The molecule has 1 rings (SSSR count). The zero-order chi connectivity index (χ0) is 12.7. The molecular weight excluding hydrogens is 238 g/mol. The summed E-state index contributed by atoms with van der Waals surface area (Å²) in [5, 5.41) is 0. The van der Waals surface area contributed by atoms with Crippen LogP contribution in [0.3, 0.4) is 0 Å². The number of ether oxygens (including phenoxy) is 2. The van der Waals surface area contributed by atoms with E-state index in [0.29, 0.717) is 13.2 Å². The molecule has 0 unspecified atom stereocenters. The largest absolute Gasteiger partial charge is 0.497 e. The Morgan fingerprint density at radius 1 is 1.29 bits per heavy atom. The van der Waals surface area contributed by atoms with Crippen LogP contribution in [0.1, 0.15) is 13.8 Å². The number of hydrogen-bond donors (Lipinski definition) is 0. The van der Waals surface area contributed by atoms with Crippen molar-refractivity contribution in [2.75, 3.05) is 20.3 Å². The average Bonchev–Trinajstić information content (AvgIpc) is 2.37. The number of amides is 1. The van der Waals surface area contributed by atoms with Crippen LogP contribution in [0.2, 0.25) is 0 Å². The number of methoxy groups -OCH3 is 1. The Labute approximate surface area is 106 Å². The lowest BCUT2D eigenvalue weighted by Gasteiger charge is -2.18. The average molecular weight is 255 g/mol. The molecule has 0 aromatic heterocycles. The first-order valence-corrected chi connectivity index (χ1v) is 6.24. The van der Waals surface area contributed by atoms with Gasteiger partial charge in [0.1, 0.15) is 5.75 Å². The fraction of sp³-hybridized carbons (Fsp3) is 0.417. The Balaban J connectivity index is 2.63. The molecule has 0 saturated heterocycles. The number of rotatable bonds is 5. The maximum Gasteiger partial charge on any atom is 0.420 e. The molecule has 0 heterocycles. The second-order valence-corrected chi connectivity index (χ2v) is 4.26. The maximum atomic E-state index is 11.6. The van der Waals surface area contributed by atoms with Gasteiger partial charge in [0.25, 0.3) is 0 Å². The summed E-state index contributed by atoms with van der Waals surface area (Å²) in [6.45, 7) is 4.69. The molecule has 0 aliphatic carbocycles. The van der Waals surface area contributed by atoms with Crippen molar-refractivity contribution in [3.05, 3.63) is 24.3 Å². The van der Waals surface area contributed by atoms with E-state index in [1.54, 1.807) is 18.3 Å². The molecule has 1 amide bonds. The lowest BCUT2D eigenvalue weighted by Crippen LogP contribution is -2.24. The van der Waals surface area contributed by atoms with Crippen molar-refractivity contribution in [1.29, 1.82) is 0 Å². The van der Waals surface area contributed by atoms with Crippen molar-refractivity contribution in [1.82, 2.24) is 4.31 Å². The van der Waals surface area contributed by atoms with Gasteiger partial charge >= 0.3 is 6.09 Å². The quantitative estimate of drug-likeness (QED) is 0.757. The molecule has 1 aromatic carbocycles. The monoisotopic (exact) mass is 255 g/mol. The number of benzene rings is 1. The standard InChI is InChI=1S/C12H17NO3S/c1-4-13(12(14)16-5-2)17-11-8-6-10(15-3)7-9-11/h6-9H,4-5H2,1-3H3. The first kappa shape index (κ1) is 13.7. The summed E-state index contributed by atoms with van der Waals surface area (Å²) in [6.07, 6.45) is -0.309. The minimum atomic E-state index is -0.309. The molecule has 0 aliphatic rings. The maximum absolute atomic E-state index is 11.6. The molecule has 5 heteroatoms. The predicted molar refractivity (Wildman–Crippen MR) is 68.3 cm³/mol. The van der Waals surface area contributed by atoms with Crippen molar-refractivity contribution in [2.24, 2.45) is 0 Å². The molecule has 0 aliphatic heterocycles. The normalized spacial score (nSPS) is 9.82. The van der Waals surface area contributed by atoms with Crippen molar-refractivity contribution >= 4 is 18.0 Å². The van der Waals surface area contributed by atoms with E-state index >= 15 is 0 Å². The van der Waals surface area contributed by atoms with Crippen LogP contribution in [0.15, 0.2) is 29.2 Å². The lowest BCUT2D eigenvalue weighted by atomic mass is 10.3. The number of carbonyl (C=O) groups excluding carboxylic acids is 1. The first-order chi connectivity index (χ1) is 8.21. The fourth-order valence-electron chi connectivity index (χ4n) is 1.19. The van der Waals surface area contributed by atoms with E-state index < -0.39 is 0 Å². The van der Waals surface area contributed by atoms with E-state index in [4.69, 9.17) is 9.47 Å². The van der Waals surface area contributed by atoms with E-state index in [9.17, 15) is 4.79 Å². The van der Waals surface area contributed by atoms with Crippen molar-refractivity contribution in [2.45, 2.75) is 18.7 Å². The van der Waals surface area contributed by atoms with Crippen LogP contribution in [-0.2, 0) is 4.74 Å². The molecule has 94 valence electrons. The van der Waals surface area contributed by atoms with Gasteiger partial charge in [-0.25, -0.2) is 9.10 Å². The smallest absolute Gasteiger partial charge is 0.420 e. The van der Waals surface area contributed by atoms with E-state index in [-0.39, 0.29) is 6.09 Å². The number of hydrogen-bond acceptors (Lipinski definition) is 4. The van der Waals surface area contributed by atoms with Crippen LogP contribution in [-0.4, -0.2) is 30.7 Å². The van der Waals surface area contributed by atoms with Crippen LogP contribution in [0.5, 0.6) is 5.75 Å². The van der Waals surface area contributed by atoms with Crippen LogP contribution in [0.25, 0.3) is 0 Å². The molecule has 0 bridgehead atoms. The van der Waals surface area contributed by atoms with E-state index in [0.717, 1.165) is 10.6 Å². The topological polar surface area (TPSA) is 38.8 Å². The second kappa shape index (κ2) is 7.06. The van der Waals surface area contributed by atoms with E-state index in [1.807, 2.05) is 31.2 Å². The van der Waals surface area contributed by atoms with Gasteiger partial charge in [0.2, 0.25) is 0 Å². The first-order valence-electron chi connectivity index (χ1n) is 5.47. The van der Waals surface area contributed by atoms with Crippen LogP contribution < -0.4 is 4.74 Å². The van der Waals surface area contributed by atoms with Gasteiger partial charge in [0.15, 0.2) is 0 Å². The van der Waals surface area contributed by atoms with Crippen LogP contribution >= 0.6 is 11.9 Å². The molecule has 0 spiro atoms. The Morgan fingerprint density at radius 2 is 1.94 bits per heavy atom. The Hall–Kier alpha value is -1.36. The molecule has 4 nitrogen and oxygen atoms in total. The van der Waals surface area contributed by atoms with Gasteiger partial charge < -0.3 is 9.47 Å². The van der Waals surface area contributed by atoms with Gasteiger partial charge in [-0.2, -0.15) is 0 Å². The second-order valence-electron chi connectivity index (χ2n) is 3.16. The predicted octanol–water partition coefficient (Wildman–Crippen LogP) is 3.18. The van der Waals surface area contributed by atoms with Gasteiger partial charge in [-0.3, -0.25) is 0 Å². The third-order valence-electron chi connectivity index (χ3n) is 2.03. The third kappa shape index (κ3) is 4.19. The fourth-order valence-corrected chi connectivity index (χ4v) is 1.96. The number of carbonyl (C=O) groups is 1. The van der Waals surface area contributed by atoms with E-state index in [1.165, 1.54) is 11.9 Å². The van der Waals surface area contributed by atoms with Gasteiger partial charge in [-0.1, -0.05) is 0 Å². The summed E-state index contributed by atoms with van der Waals surface area (Å²) in [6, 6.07) is 7.54. The molecule has 0 saturated carbocycles. The minimum absolute atomic E-state index is 0.309. The molecular formula is C12H17NO3S. The number of nitrogens with zero attached hydrogens (tertiary/aromatic N) is 1. The van der Waals surface area contributed by atoms with Gasteiger partial charge in [-0.15, -0.1) is 0 Å². The molecule has 0 fully saturated rings. The highest BCUT2D eigenvalue weighted by Gasteiger charge is 2.13. The van der Waals surface area contributed by atoms with Crippen molar-refractivity contribution < 1.29 is 14.3 Å². The molecule has 0 N–H and O–H groups in total. The molecule has 17 heavy (non-hydrogen) atoms. The Kier molecular flexibility index (Phi) is 5.69. The van der Waals surface area contributed by atoms with Crippen molar-refractivity contribution in [3.8, 4) is 5.75 Å². The minimum Gasteiger partial charge on any atom is -0.497 e. The highest BCUT2D eigenvalue weighted by Crippen LogP contribution is 2.25. The SMILES string of the molecule is CCOC(=O)N(CC)Sc1ccc(OC)cc1. The van der Waals surface area contributed by atoms with Gasteiger partial charge in [0.05, 0.1) is 13.7 Å². The van der Waals surface area contributed by atoms with Crippen LogP contribution in [0.4, 0.5) is 4.79 Å². The highest BCUT2D eigenvalue weighted by atomic mass is 32.2. The van der Waals surface area contributed by atoms with E-state index in [2.05, 4.69) is 0 Å². The summed E-state index contributed by atoms with van der Waals surface area (Å²) in [7, 11) is 1.62. The molecule has 0 atom stereocenters. The third-order valence-corrected chi connectivity index (χ3v) is 3.14. The van der Waals surface area contributed by atoms with Crippen LogP contribution in [0, 0.1) is 0 Å². The van der Waals surface area contributed by atoms with Gasteiger partial charge in [0, 0.05) is 11.4 Å². The zero-order valence-corrected chi connectivity index (χ0v) is 11.1. The highest BCUT2D eigenvalue weighted by molar-refractivity contribution is 7.97. The Bertz CT molecular complexity index is 353. The molecule has 1 aromatic rings. The summed E-state index contributed by atoms with van der Waals surface area (Å²) < 4.78 is 11.6. The summed E-state index contributed by atoms with van der Waals surface area (Å²) >= 11 is 1.36. The summed E-state index contributed by atoms with van der Waals surface area (Å²) in [5.74, 6) is 0.800. The Morgan fingerprint density at radius 3 is 2.41 bits per heavy atom. The molecule has 0 radical (unpaired) electrons. The lowest BCUT2D eigenvalue weighted by molar-refractivity contribution is 0.135. The summed E-state index contributed by atoms with van der Waals surface area (Å²) in [5.41, 5.74) is 0.